The topological polar surface area (TPSA) is 33.2 Å². The number of hydrogen-bond donors (Lipinski definition) is 0. The summed E-state index contributed by atoms with van der Waals surface area (Å²) in [5.41, 5.74) is 0.614. The summed E-state index contributed by atoms with van der Waals surface area (Å²) >= 11 is 1.29. The molecule has 0 saturated heterocycles. The van der Waals surface area contributed by atoms with Crippen LogP contribution in [0.1, 0.15) is 28.2 Å². The van der Waals surface area contributed by atoms with Gasteiger partial charge in [0.1, 0.15) is 5.82 Å². The first-order valence-corrected chi connectivity index (χ1v) is 6.33. The lowest BCUT2D eigenvalue weighted by Crippen LogP contribution is -2.22. The molecule has 1 aromatic heterocycles. The van der Waals surface area contributed by atoms with E-state index in [4.69, 9.17) is 0 Å². The van der Waals surface area contributed by atoms with E-state index in [0.29, 0.717) is 15.6 Å². The van der Waals surface area contributed by atoms with Gasteiger partial charge in [0, 0.05) is 12.6 Å². The van der Waals surface area contributed by atoms with Crippen LogP contribution < -0.4 is 4.90 Å². The van der Waals surface area contributed by atoms with Gasteiger partial charge < -0.3 is 4.90 Å². The molecule has 0 amide bonds. The summed E-state index contributed by atoms with van der Waals surface area (Å²) in [5.74, 6) is -0.232. The molecule has 18 heavy (non-hydrogen) atoms. The lowest BCUT2D eigenvalue weighted by atomic mass is 10.1. The Morgan fingerprint density at radius 3 is 2.78 bits per heavy atom. The van der Waals surface area contributed by atoms with Crippen molar-refractivity contribution in [2.45, 2.75) is 13.0 Å². The van der Waals surface area contributed by atoms with Gasteiger partial charge in [-0.3, -0.25) is 4.79 Å². The normalized spacial score (nSPS) is 12.2. The Morgan fingerprint density at radius 2 is 2.17 bits per heavy atom. The molecule has 0 saturated carbocycles. The molecule has 5 heteroatoms. The number of aromatic nitrogens is 1. The number of nitrogens with zero attached hydrogens (tertiary/aromatic N) is 2. The first-order valence-electron chi connectivity index (χ1n) is 5.51. The van der Waals surface area contributed by atoms with Crippen molar-refractivity contribution in [3.05, 3.63) is 46.7 Å². The first kappa shape index (κ1) is 12.7. The number of carbonyl (C=O) groups excluding carboxylic acids is 1. The maximum absolute atomic E-state index is 13.7. The van der Waals surface area contributed by atoms with Crippen LogP contribution in [0.4, 0.5) is 9.52 Å². The quantitative estimate of drug-likeness (QED) is 0.794. The molecule has 2 aromatic rings. The molecule has 1 unspecified atom stereocenters. The SMILES string of the molecule is CC(c1ccccc1F)N(C)c1ncc(C=O)s1. The van der Waals surface area contributed by atoms with Crippen molar-refractivity contribution in [2.24, 2.45) is 0 Å². The van der Waals surface area contributed by atoms with E-state index in [2.05, 4.69) is 4.98 Å². The molecule has 0 aliphatic heterocycles. The van der Waals surface area contributed by atoms with Crippen LogP contribution >= 0.6 is 11.3 Å². The number of hydrogen-bond acceptors (Lipinski definition) is 4. The van der Waals surface area contributed by atoms with Crippen molar-refractivity contribution in [3.63, 3.8) is 0 Å². The molecule has 1 atom stereocenters. The highest BCUT2D eigenvalue weighted by Crippen LogP contribution is 2.29. The molecule has 0 N–H and O–H groups in total. The van der Waals surface area contributed by atoms with Gasteiger partial charge in [0.05, 0.1) is 17.1 Å². The second-order valence-electron chi connectivity index (χ2n) is 3.97. The fourth-order valence-corrected chi connectivity index (χ4v) is 2.45. The van der Waals surface area contributed by atoms with Crippen LogP contribution in [0.15, 0.2) is 30.5 Å². The van der Waals surface area contributed by atoms with Crippen molar-refractivity contribution in [1.29, 1.82) is 0 Å². The Bertz CT molecular complexity index is 555. The summed E-state index contributed by atoms with van der Waals surface area (Å²) in [7, 11) is 1.84. The predicted molar refractivity (Wildman–Crippen MR) is 70.7 cm³/mol. The zero-order valence-electron chi connectivity index (χ0n) is 10.1. The minimum absolute atomic E-state index is 0.142. The predicted octanol–water partition coefficient (Wildman–Crippen LogP) is 3.29. The Morgan fingerprint density at radius 1 is 1.44 bits per heavy atom. The maximum Gasteiger partial charge on any atom is 0.186 e. The van der Waals surface area contributed by atoms with E-state index in [1.165, 1.54) is 23.6 Å². The summed E-state index contributed by atoms with van der Waals surface area (Å²) in [6, 6.07) is 6.53. The molecule has 0 radical (unpaired) electrons. The zero-order chi connectivity index (χ0) is 13.1. The van der Waals surface area contributed by atoms with Crippen LogP contribution in [0, 0.1) is 5.82 Å². The van der Waals surface area contributed by atoms with E-state index in [9.17, 15) is 9.18 Å². The van der Waals surface area contributed by atoms with Crippen molar-refractivity contribution in [1.82, 2.24) is 4.98 Å². The molecule has 0 aliphatic rings. The third kappa shape index (κ3) is 2.41. The fourth-order valence-electron chi connectivity index (χ4n) is 1.68. The van der Waals surface area contributed by atoms with E-state index in [-0.39, 0.29) is 11.9 Å². The minimum Gasteiger partial charge on any atom is -0.344 e. The number of anilines is 1. The number of benzene rings is 1. The van der Waals surface area contributed by atoms with E-state index < -0.39 is 0 Å². The molecule has 1 heterocycles. The van der Waals surface area contributed by atoms with Gasteiger partial charge in [-0.15, -0.1) is 0 Å². The van der Waals surface area contributed by atoms with E-state index in [0.717, 1.165) is 6.29 Å². The van der Waals surface area contributed by atoms with E-state index in [1.54, 1.807) is 18.2 Å². The van der Waals surface area contributed by atoms with Crippen molar-refractivity contribution >= 4 is 22.8 Å². The van der Waals surface area contributed by atoms with Crippen LogP contribution in [0.5, 0.6) is 0 Å². The molecule has 0 bridgehead atoms. The third-order valence-corrected chi connectivity index (χ3v) is 3.88. The number of thiazole rings is 1. The fraction of sp³-hybridized carbons (Fsp3) is 0.231. The minimum atomic E-state index is -0.232. The second-order valence-corrected chi connectivity index (χ2v) is 5.01. The standard InChI is InChI=1S/C13H13FN2OS/c1-9(11-5-3-4-6-12(11)14)16(2)13-15-7-10(8-17)18-13/h3-9H,1-2H3. The van der Waals surface area contributed by atoms with Crippen LogP contribution in [0.2, 0.25) is 0 Å². The van der Waals surface area contributed by atoms with Crippen LogP contribution in [0.3, 0.4) is 0 Å². The van der Waals surface area contributed by atoms with Crippen molar-refractivity contribution in [2.75, 3.05) is 11.9 Å². The zero-order valence-corrected chi connectivity index (χ0v) is 10.9. The highest BCUT2D eigenvalue weighted by Gasteiger charge is 2.18. The molecule has 94 valence electrons. The van der Waals surface area contributed by atoms with E-state index in [1.807, 2.05) is 18.9 Å². The average Bonchev–Trinajstić information content (AvgIpc) is 2.86. The Hall–Kier alpha value is -1.75. The molecule has 1 aromatic carbocycles. The highest BCUT2D eigenvalue weighted by atomic mass is 32.1. The van der Waals surface area contributed by atoms with Gasteiger partial charge in [-0.25, -0.2) is 9.37 Å². The molecule has 2 rings (SSSR count). The van der Waals surface area contributed by atoms with Gasteiger partial charge in [-0.2, -0.15) is 0 Å². The van der Waals surface area contributed by atoms with Gasteiger partial charge in [-0.05, 0) is 13.0 Å². The van der Waals surface area contributed by atoms with Crippen LogP contribution in [-0.4, -0.2) is 18.3 Å². The summed E-state index contributed by atoms with van der Waals surface area (Å²) in [4.78, 5) is 17.2. The molecule has 3 nitrogen and oxygen atoms in total. The van der Waals surface area contributed by atoms with Crippen LogP contribution in [0.25, 0.3) is 0 Å². The van der Waals surface area contributed by atoms with Crippen molar-refractivity contribution in [3.8, 4) is 0 Å². The maximum atomic E-state index is 13.7. The number of carbonyl (C=O) groups is 1. The number of rotatable bonds is 4. The summed E-state index contributed by atoms with van der Waals surface area (Å²) in [6.07, 6.45) is 2.29. The van der Waals surface area contributed by atoms with Gasteiger partial charge in [0.15, 0.2) is 11.4 Å². The summed E-state index contributed by atoms with van der Waals surface area (Å²) in [6.45, 7) is 1.90. The largest absolute Gasteiger partial charge is 0.344 e. The summed E-state index contributed by atoms with van der Waals surface area (Å²) < 4.78 is 13.7. The van der Waals surface area contributed by atoms with Gasteiger partial charge in [0.2, 0.25) is 0 Å². The first-order chi connectivity index (χ1) is 8.63. The third-order valence-electron chi connectivity index (χ3n) is 2.87. The van der Waals surface area contributed by atoms with Crippen molar-refractivity contribution < 1.29 is 9.18 Å². The molecule has 0 fully saturated rings. The second kappa shape index (κ2) is 5.27. The lowest BCUT2D eigenvalue weighted by Gasteiger charge is -2.24. The molecular formula is C13H13FN2OS. The van der Waals surface area contributed by atoms with Gasteiger partial charge in [0.25, 0.3) is 0 Å². The lowest BCUT2D eigenvalue weighted by molar-refractivity contribution is 0.112. The Kier molecular flexibility index (Phi) is 3.72. The smallest absolute Gasteiger partial charge is 0.186 e. The van der Waals surface area contributed by atoms with Gasteiger partial charge in [-0.1, -0.05) is 29.5 Å². The monoisotopic (exact) mass is 264 g/mol. The van der Waals surface area contributed by atoms with Gasteiger partial charge >= 0.3 is 0 Å². The molecular weight excluding hydrogens is 251 g/mol. The molecule has 0 spiro atoms. The highest BCUT2D eigenvalue weighted by molar-refractivity contribution is 7.17. The number of aldehydes is 1. The van der Waals surface area contributed by atoms with Crippen LogP contribution in [-0.2, 0) is 0 Å². The summed E-state index contributed by atoms with van der Waals surface area (Å²) in [5, 5.41) is 0.702. The average molecular weight is 264 g/mol. The Labute approximate surface area is 109 Å². The molecule has 0 aliphatic carbocycles. The van der Waals surface area contributed by atoms with E-state index >= 15 is 0 Å². The number of halogens is 1. The Balaban J connectivity index is 2.26.